The molecule has 5 aromatic rings. The molecule has 12 nitrogen and oxygen atoms in total. The quantitative estimate of drug-likeness (QED) is 0.172. The van der Waals surface area contributed by atoms with Crippen LogP contribution >= 0.6 is 0 Å². The maximum absolute atomic E-state index is 13.6. The molecule has 2 aliphatic heterocycles. The van der Waals surface area contributed by atoms with Crippen molar-refractivity contribution >= 4 is 16.1 Å². The van der Waals surface area contributed by atoms with Crippen LogP contribution in [0.4, 0.5) is 4.79 Å². The number of sulfonamides is 1. The summed E-state index contributed by atoms with van der Waals surface area (Å²) in [6, 6.07) is 29.3. The third-order valence-corrected chi connectivity index (χ3v) is 11.3. The van der Waals surface area contributed by atoms with Crippen LogP contribution in [0.15, 0.2) is 95.9 Å². The smallest absolute Gasteiger partial charge is 0.410 e. The third-order valence-electron chi connectivity index (χ3n) is 10.3. The van der Waals surface area contributed by atoms with Crippen LogP contribution in [0.25, 0.3) is 22.5 Å². The van der Waals surface area contributed by atoms with Gasteiger partial charge in [-0.1, -0.05) is 78.9 Å². The lowest BCUT2D eigenvalue weighted by atomic mass is 9.87. The van der Waals surface area contributed by atoms with E-state index < -0.39 is 10.0 Å². The van der Waals surface area contributed by atoms with Gasteiger partial charge in [0.1, 0.15) is 12.4 Å². The number of piperidine rings is 2. The summed E-state index contributed by atoms with van der Waals surface area (Å²) in [5, 5.41) is 22.9. The number of aromatic nitrogens is 4. The highest BCUT2D eigenvalue weighted by molar-refractivity contribution is 7.89. The molecule has 1 aromatic heterocycles. The number of nitrogens with zero attached hydrogens (tertiary/aromatic N) is 5. The molecule has 0 atom stereocenters. The van der Waals surface area contributed by atoms with Crippen molar-refractivity contribution in [1.82, 2.24) is 30.4 Å². The Bertz CT molecular complexity index is 2110. The highest BCUT2D eigenvalue weighted by Crippen LogP contribution is 2.39. The second-order valence-corrected chi connectivity index (χ2v) is 15.3. The minimum atomic E-state index is -4.26. The highest BCUT2D eigenvalue weighted by Gasteiger charge is 2.30. The number of likely N-dealkylation sites (tertiary alicyclic amines) is 1. The highest BCUT2D eigenvalue weighted by atomic mass is 32.2. The number of tetrazole rings is 1. The molecule has 1 amide bonds. The van der Waals surface area contributed by atoms with Crippen LogP contribution in [0.5, 0.6) is 5.75 Å². The molecule has 0 saturated carbocycles. The third kappa shape index (κ3) is 8.75. The van der Waals surface area contributed by atoms with Gasteiger partial charge in [-0.2, -0.15) is 4.80 Å². The van der Waals surface area contributed by atoms with Crippen LogP contribution in [-0.2, 0) is 34.3 Å². The van der Waals surface area contributed by atoms with E-state index in [1.807, 2.05) is 78.9 Å². The Hall–Kier alpha value is -5.11. The normalized spacial score (nSPS) is 15.7. The first-order valence-electron chi connectivity index (χ1n) is 18.1. The lowest BCUT2D eigenvalue weighted by molar-refractivity contribution is 0.0823. The predicted molar refractivity (Wildman–Crippen MR) is 202 cm³/mol. The van der Waals surface area contributed by atoms with Gasteiger partial charge in [0, 0.05) is 13.1 Å². The molecule has 2 saturated heterocycles. The number of amides is 1. The van der Waals surface area contributed by atoms with E-state index in [4.69, 9.17) is 19.7 Å². The van der Waals surface area contributed by atoms with Gasteiger partial charge in [-0.3, -0.25) is 0 Å². The topological polar surface area (TPSA) is 155 Å². The van der Waals surface area contributed by atoms with E-state index in [9.17, 15) is 13.2 Å². The summed E-state index contributed by atoms with van der Waals surface area (Å²) < 4.78 is 38.1. The molecule has 7 rings (SSSR count). The van der Waals surface area contributed by atoms with Crippen molar-refractivity contribution in [2.45, 2.75) is 56.1 Å². The molecule has 0 aliphatic carbocycles. The molecule has 0 spiro atoms. The minimum absolute atomic E-state index is 0.00568. The second kappa shape index (κ2) is 16.3. The lowest BCUT2D eigenvalue weighted by Crippen LogP contribution is -2.39. The Kier molecular flexibility index (Phi) is 11.1. The Balaban J connectivity index is 1.17. The monoisotopic (exact) mass is 735 g/mol. The molecule has 4 aromatic carbocycles. The number of carbonyl (C=O) groups excluding carboxylic acids is 1. The molecule has 2 fully saturated rings. The van der Waals surface area contributed by atoms with Gasteiger partial charge in [-0.15, -0.1) is 10.2 Å². The van der Waals surface area contributed by atoms with Crippen LogP contribution in [0.1, 0.15) is 53.9 Å². The molecular formula is C40H45N7O5S. The average molecular weight is 736 g/mol. The van der Waals surface area contributed by atoms with E-state index >= 15 is 0 Å². The molecule has 0 bridgehead atoms. The lowest BCUT2D eigenvalue weighted by Gasteiger charge is -2.31. The van der Waals surface area contributed by atoms with E-state index in [2.05, 4.69) is 27.8 Å². The molecule has 3 N–H and O–H groups in total. The minimum Gasteiger partial charge on any atom is -0.497 e. The van der Waals surface area contributed by atoms with Crippen molar-refractivity contribution in [1.29, 1.82) is 0 Å². The van der Waals surface area contributed by atoms with Gasteiger partial charge >= 0.3 is 6.09 Å². The van der Waals surface area contributed by atoms with E-state index in [0.717, 1.165) is 48.4 Å². The maximum Gasteiger partial charge on any atom is 0.410 e. The van der Waals surface area contributed by atoms with E-state index in [0.29, 0.717) is 61.5 Å². The maximum atomic E-state index is 13.6. The molecule has 276 valence electrons. The summed E-state index contributed by atoms with van der Waals surface area (Å²) in [6.45, 7) is 3.55. The van der Waals surface area contributed by atoms with Crippen molar-refractivity contribution in [3.63, 3.8) is 0 Å². The number of carbonyl (C=O) groups is 1. The first kappa shape index (κ1) is 36.3. The van der Waals surface area contributed by atoms with Crippen LogP contribution in [0, 0.1) is 5.92 Å². The van der Waals surface area contributed by atoms with Crippen LogP contribution in [0.3, 0.4) is 0 Å². The summed E-state index contributed by atoms with van der Waals surface area (Å²) in [5.41, 5.74) is 5.55. The standard InChI is InChI=1S/C40H45N7O5S/c1-51-35-14-7-29(8-15-35)26-47-44-39(43-45-47)37-36(33-11-9-31(10-12-33)32-17-21-42-22-18-32)16-13-34(38(37)53(41,49)50)25-28-19-23-46(24-20-28)40(48)52-27-30-5-3-2-4-6-30/h2-16,28,32,42H,17-27H2,1H3,(H2,41,49,50). The number of rotatable bonds is 11. The van der Waals surface area contributed by atoms with Gasteiger partial charge < -0.3 is 19.7 Å². The van der Waals surface area contributed by atoms with Gasteiger partial charge in [0.15, 0.2) is 0 Å². The number of hydrogen-bond acceptors (Lipinski definition) is 9. The molecule has 0 radical (unpaired) electrons. The first-order valence-corrected chi connectivity index (χ1v) is 19.7. The zero-order valence-corrected chi connectivity index (χ0v) is 30.7. The summed E-state index contributed by atoms with van der Waals surface area (Å²) in [7, 11) is -2.64. The fourth-order valence-corrected chi connectivity index (χ4v) is 8.41. The Morgan fingerprint density at radius 1 is 0.887 bits per heavy atom. The van der Waals surface area contributed by atoms with Gasteiger partial charge in [0.2, 0.25) is 15.8 Å². The van der Waals surface area contributed by atoms with Gasteiger partial charge in [-0.25, -0.2) is 18.4 Å². The molecule has 13 heteroatoms. The Labute approximate surface area is 310 Å². The van der Waals surface area contributed by atoms with Crippen molar-refractivity contribution in [2.75, 3.05) is 33.3 Å². The summed E-state index contributed by atoms with van der Waals surface area (Å²) in [5.74, 6) is 1.51. The van der Waals surface area contributed by atoms with Crippen molar-refractivity contribution < 1.29 is 22.7 Å². The van der Waals surface area contributed by atoms with Crippen LogP contribution in [0.2, 0.25) is 0 Å². The van der Waals surface area contributed by atoms with Crippen LogP contribution < -0.4 is 15.2 Å². The SMILES string of the molecule is COc1ccc(Cn2nnc(-c3c(-c4ccc(C5CCNCC5)cc4)ccc(CC4CCN(C(=O)OCc5ccccc5)CC4)c3S(N)(=O)=O)n2)cc1. The number of ether oxygens (including phenoxy) is 2. The van der Waals surface area contributed by atoms with Gasteiger partial charge in [-0.05, 0) is 108 Å². The zero-order chi connectivity index (χ0) is 36.8. The molecule has 53 heavy (non-hydrogen) atoms. The number of methoxy groups -OCH3 is 1. The second-order valence-electron chi connectivity index (χ2n) is 13.8. The van der Waals surface area contributed by atoms with Crippen molar-refractivity contribution in [3.05, 3.63) is 113 Å². The van der Waals surface area contributed by atoms with Gasteiger partial charge in [0.25, 0.3) is 0 Å². The predicted octanol–water partition coefficient (Wildman–Crippen LogP) is 5.77. The van der Waals surface area contributed by atoms with Gasteiger partial charge in [0.05, 0.1) is 24.1 Å². The number of nitrogens with one attached hydrogen (secondary N) is 1. The Morgan fingerprint density at radius 3 is 2.28 bits per heavy atom. The van der Waals surface area contributed by atoms with Crippen molar-refractivity contribution in [3.8, 4) is 28.3 Å². The fraction of sp³-hybridized carbons (Fsp3) is 0.350. The van der Waals surface area contributed by atoms with E-state index in [1.54, 1.807) is 12.0 Å². The molecule has 3 heterocycles. The van der Waals surface area contributed by atoms with E-state index in [-0.39, 0.29) is 29.3 Å². The zero-order valence-electron chi connectivity index (χ0n) is 29.9. The average Bonchev–Trinajstić information content (AvgIpc) is 3.66. The summed E-state index contributed by atoms with van der Waals surface area (Å²) in [6.07, 6.45) is 3.64. The fourth-order valence-electron chi connectivity index (χ4n) is 7.41. The molecular weight excluding hydrogens is 691 g/mol. The molecule has 0 unspecified atom stereocenters. The molecule has 2 aliphatic rings. The number of nitrogens with two attached hydrogens (primary N) is 1. The number of benzene rings is 4. The summed E-state index contributed by atoms with van der Waals surface area (Å²) >= 11 is 0. The number of hydrogen-bond donors (Lipinski definition) is 2. The Morgan fingerprint density at radius 2 is 1.60 bits per heavy atom. The first-order chi connectivity index (χ1) is 25.7. The van der Waals surface area contributed by atoms with Crippen LogP contribution in [-0.4, -0.2) is 72.9 Å². The summed E-state index contributed by atoms with van der Waals surface area (Å²) in [4.78, 5) is 16.0. The largest absolute Gasteiger partial charge is 0.497 e. The number of primary sulfonamides is 1. The van der Waals surface area contributed by atoms with Crippen molar-refractivity contribution in [2.24, 2.45) is 11.1 Å². The van der Waals surface area contributed by atoms with E-state index in [1.165, 1.54) is 10.4 Å².